The lowest BCUT2D eigenvalue weighted by Crippen LogP contribution is -2.34. The molecule has 0 unspecified atom stereocenters. The number of nitrogen functional groups attached to an aromatic ring is 1. The number of hydrogen-bond donors (Lipinski definition) is 2. The average Bonchev–Trinajstić information content (AvgIpc) is 3.89. The fourth-order valence-electron chi connectivity index (χ4n) is 6.03. The second kappa shape index (κ2) is 11.2. The van der Waals surface area contributed by atoms with Gasteiger partial charge in [0.05, 0.1) is 20.2 Å². The zero-order valence-electron chi connectivity index (χ0n) is 24.7. The predicted octanol–water partition coefficient (Wildman–Crippen LogP) is 7.93. The van der Waals surface area contributed by atoms with Crippen LogP contribution in [0.25, 0.3) is 41.1 Å². The van der Waals surface area contributed by atoms with Crippen molar-refractivity contribution in [1.29, 1.82) is 0 Å². The van der Waals surface area contributed by atoms with Crippen LogP contribution in [0.2, 0.25) is 0 Å². The first-order chi connectivity index (χ1) is 22.5. The molecule has 0 fully saturated rings. The number of methoxy groups -OCH3 is 1. The molecule has 9 rings (SSSR count). The molecule has 0 atom stereocenters. The van der Waals surface area contributed by atoms with Gasteiger partial charge >= 0.3 is 0 Å². The fraction of sp³-hybridized carbons (Fsp3) is 0.0811. The van der Waals surface area contributed by atoms with Crippen LogP contribution in [0.3, 0.4) is 0 Å². The van der Waals surface area contributed by atoms with E-state index in [0.717, 1.165) is 39.5 Å². The number of nitrogens with zero attached hydrogens (tertiary/aromatic N) is 2. The monoisotopic (exact) mass is 638 g/mol. The van der Waals surface area contributed by atoms with Gasteiger partial charge in [0.2, 0.25) is 0 Å². The van der Waals surface area contributed by atoms with Gasteiger partial charge in [-0.05, 0) is 81.6 Å². The van der Waals surface area contributed by atoms with Crippen molar-refractivity contribution in [2.75, 3.05) is 18.2 Å². The van der Waals surface area contributed by atoms with E-state index in [9.17, 15) is 9.59 Å². The van der Waals surface area contributed by atoms with Crippen molar-refractivity contribution >= 4 is 72.3 Å². The maximum Gasteiger partial charge on any atom is 0.272 e. The Hall–Kier alpha value is -5.38. The van der Waals surface area contributed by atoms with Gasteiger partial charge in [0.15, 0.2) is 5.75 Å². The molecule has 46 heavy (non-hydrogen) atoms. The highest BCUT2D eigenvalue weighted by molar-refractivity contribution is 7.22. The summed E-state index contributed by atoms with van der Waals surface area (Å²) in [7, 11) is 1.39. The van der Waals surface area contributed by atoms with E-state index in [1.54, 1.807) is 11.3 Å². The highest BCUT2D eigenvalue weighted by atomic mass is 32.1. The van der Waals surface area contributed by atoms with Crippen molar-refractivity contribution in [3.05, 3.63) is 128 Å². The molecular formula is C37H26N4O3S2. The Labute approximate surface area is 271 Å². The fourth-order valence-corrected chi connectivity index (χ4v) is 8.24. The molecule has 2 aliphatic rings. The Balaban J connectivity index is 0.000000144. The highest BCUT2D eigenvalue weighted by Crippen LogP contribution is 2.40. The standard InChI is InChI=1S/C21H14N2O3S.C16H12N2S/c1-26-21-18(19(24)20(21)25)23-13-6-12-9-22-10-15(12)14(8-13)17-7-11-4-2-3-5-16(11)27-17;17-12-5-11-8-18-9-14(11)13(7-12)16-6-10-3-1-2-4-15(10)19-16/h2-9,23H,10H2,1H3;1-8H,9,17H2. The second-order valence-electron chi connectivity index (χ2n) is 11.2. The summed E-state index contributed by atoms with van der Waals surface area (Å²) in [6.45, 7) is 1.40. The van der Waals surface area contributed by atoms with Crippen molar-refractivity contribution in [2.24, 2.45) is 9.98 Å². The van der Waals surface area contributed by atoms with E-state index < -0.39 is 10.9 Å². The Morgan fingerprint density at radius 2 is 1.28 bits per heavy atom. The van der Waals surface area contributed by atoms with E-state index in [1.807, 2.05) is 54.1 Å². The number of anilines is 3. The third-order valence-corrected chi connectivity index (χ3v) is 10.6. The summed E-state index contributed by atoms with van der Waals surface area (Å²) in [4.78, 5) is 34.6. The van der Waals surface area contributed by atoms with E-state index in [0.29, 0.717) is 6.54 Å². The molecule has 0 amide bonds. The third-order valence-electron chi connectivity index (χ3n) is 8.27. The highest BCUT2D eigenvalue weighted by Gasteiger charge is 2.23. The molecule has 0 saturated heterocycles. The minimum atomic E-state index is -0.590. The Bertz CT molecular complexity index is 2400. The van der Waals surface area contributed by atoms with E-state index >= 15 is 0 Å². The molecule has 4 heterocycles. The molecule has 0 radical (unpaired) electrons. The van der Waals surface area contributed by atoms with Crippen molar-refractivity contribution in [1.82, 2.24) is 0 Å². The zero-order chi connectivity index (χ0) is 31.4. The van der Waals surface area contributed by atoms with Gasteiger partial charge in [-0.25, -0.2) is 0 Å². The normalized spacial score (nSPS) is 12.8. The molecule has 7 aromatic rings. The number of hydrogen-bond acceptors (Lipinski definition) is 9. The van der Waals surface area contributed by atoms with Crippen LogP contribution in [0, 0.1) is 0 Å². The number of rotatable bonds is 5. The Kier molecular flexibility index (Phi) is 6.85. The maximum atomic E-state index is 11.9. The van der Waals surface area contributed by atoms with Gasteiger partial charge in [-0.15, -0.1) is 22.7 Å². The smallest absolute Gasteiger partial charge is 0.272 e. The van der Waals surface area contributed by atoms with Crippen molar-refractivity contribution in [3.8, 4) is 26.6 Å². The quantitative estimate of drug-likeness (QED) is 0.147. The summed E-state index contributed by atoms with van der Waals surface area (Å²) in [5.74, 6) is 0.0811. The minimum absolute atomic E-state index is 0.0811. The molecule has 0 spiro atoms. The van der Waals surface area contributed by atoms with E-state index in [2.05, 4.69) is 69.9 Å². The molecule has 2 aromatic heterocycles. The lowest BCUT2D eigenvalue weighted by molar-refractivity contribution is 0.408. The maximum absolute atomic E-state index is 11.9. The van der Waals surface area contributed by atoms with Crippen LogP contribution in [-0.4, -0.2) is 19.5 Å². The lowest BCUT2D eigenvalue weighted by Gasteiger charge is -2.14. The van der Waals surface area contributed by atoms with Gasteiger partial charge in [-0.2, -0.15) is 0 Å². The van der Waals surface area contributed by atoms with Gasteiger partial charge in [0.25, 0.3) is 10.9 Å². The van der Waals surface area contributed by atoms with Gasteiger partial charge in [0, 0.05) is 54.1 Å². The number of thiophene rings is 2. The molecule has 0 bridgehead atoms. The molecular weight excluding hydrogens is 613 g/mol. The predicted molar refractivity (Wildman–Crippen MR) is 193 cm³/mol. The number of fused-ring (bicyclic) bond motifs is 4. The van der Waals surface area contributed by atoms with Crippen LogP contribution in [0.15, 0.2) is 105 Å². The first-order valence-corrected chi connectivity index (χ1v) is 16.3. The number of ether oxygens (including phenoxy) is 1. The number of aliphatic imine (C=N–C) groups is 2. The topological polar surface area (TPSA) is 106 Å². The summed E-state index contributed by atoms with van der Waals surface area (Å²) >= 11 is 3.54. The number of nitrogens with two attached hydrogens (primary N) is 1. The third kappa shape index (κ3) is 4.81. The molecule has 224 valence electrons. The van der Waals surface area contributed by atoms with Crippen LogP contribution in [0.4, 0.5) is 17.1 Å². The first-order valence-electron chi connectivity index (χ1n) is 14.7. The summed E-state index contributed by atoms with van der Waals surface area (Å²) in [5, 5.41) is 5.55. The Morgan fingerprint density at radius 1 is 0.717 bits per heavy atom. The largest absolute Gasteiger partial charge is 0.491 e. The molecule has 9 heteroatoms. The summed E-state index contributed by atoms with van der Waals surface area (Å²) in [5.41, 5.74) is 13.6. The zero-order valence-corrected chi connectivity index (χ0v) is 26.3. The number of benzene rings is 4. The summed E-state index contributed by atoms with van der Waals surface area (Å²) < 4.78 is 7.56. The molecule has 7 nitrogen and oxygen atoms in total. The van der Waals surface area contributed by atoms with Crippen LogP contribution < -0.4 is 26.6 Å². The van der Waals surface area contributed by atoms with Gasteiger partial charge in [-0.1, -0.05) is 36.4 Å². The van der Waals surface area contributed by atoms with Crippen LogP contribution in [-0.2, 0) is 13.1 Å². The molecule has 2 aliphatic heterocycles. The van der Waals surface area contributed by atoms with Crippen molar-refractivity contribution in [2.45, 2.75) is 13.1 Å². The minimum Gasteiger partial charge on any atom is -0.491 e. The second-order valence-corrected chi connectivity index (χ2v) is 13.3. The molecule has 0 saturated carbocycles. The van der Waals surface area contributed by atoms with E-state index in [4.69, 9.17) is 10.5 Å². The lowest BCUT2D eigenvalue weighted by atomic mass is 10.00. The molecule has 3 N–H and O–H groups in total. The van der Waals surface area contributed by atoms with E-state index in [1.165, 1.54) is 48.8 Å². The van der Waals surface area contributed by atoms with Crippen LogP contribution >= 0.6 is 22.7 Å². The van der Waals surface area contributed by atoms with Crippen LogP contribution in [0.5, 0.6) is 5.75 Å². The first kappa shape index (κ1) is 28.1. The number of nitrogens with one attached hydrogen (secondary N) is 1. The molecule has 5 aromatic carbocycles. The SMILES string of the molecule is COc1c(Nc2cc3c(c(-c4cc5ccccc5s4)c2)CN=C3)c(=O)c1=O.Nc1cc2c(c(-c3cc4ccccc4s3)c1)CN=C2. The summed E-state index contributed by atoms with van der Waals surface area (Å²) in [6, 6.07) is 29.2. The van der Waals surface area contributed by atoms with E-state index in [-0.39, 0.29) is 11.4 Å². The van der Waals surface area contributed by atoms with Gasteiger partial charge in [0.1, 0.15) is 5.69 Å². The Morgan fingerprint density at radius 3 is 1.87 bits per heavy atom. The average molecular weight is 639 g/mol. The van der Waals surface area contributed by atoms with Crippen molar-refractivity contribution < 1.29 is 4.74 Å². The summed E-state index contributed by atoms with van der Waals surface area (Å²) in [6.07, 6.45) is 3.76. The van der Waals surface area contributed by atoms with Crippen molar-refractivity contribution in [3.63, 3.8) is 0 Å². The van der Waals surface area contributed by atoms with Gasteiger partial charge < -0.3 is 15.8 Å². The van der Waals surface area contributed by atoms with Crippen LogP contribution in [0.1, 0.15) is 22.3 Å². The van der Waals surface area contributed by atoms with Gasteiger partial charge in [-0.3, -0.25) is 19.6 Å². The molecule has 0 aliphatic carbocycles.